The summed E-state index contributed by atoms with van der Waals surface area (Å²) >= 11 is 0. The van der Waals surface area contributed by atoms with Gasteiger partial charge in [-0.25, -0.2) is 8.78 Å². The van der Waals surface area contributed by atoms with Crippen molar-refractivity contribution in [3.8, 4) is 0 Å². The van der Waals surface area contributed by atoms with Crippen molar-refractivity contribution in [2.75, 3.05) is 13.1 Å². The molecule has 0 spiro atoms. The van der Waals surface area contributed by atoms with Gasteiger partial charge in [0, 0.05) is 25.7 Å². The topological polar surface area (TPSA) is 23.5 Å². The van der Waals surface area contributed by atoms with Gasteiger partial charge in [-0.15, -0.1) is 0 Å². The van der Waals surface area contributed by atoms with Gasteiger partial charge in [-0.1, -0.05) is 12.1 Å². The first-order valence-corrected chi connectivity index (χ1v) is 8.23. The zero-order valence-corrected chi connectivity index (χ0v) is 13.9. The van der Waals surface area contributed by atoms with Crippen molar-refractivity contribution in [3.63, 3.8) is 0 Å². The van der Waals surface area contributed by atoms with E-state index in [1.54, 1.807) is 0 Å². The van der Waals surface area contributed by atoms with Crippen molar-refractivity contribution >= 4 is 0 Å². The van der Waals surface area contributed by atoms with Crippen molar-refractivity contribution < 1.29 is 27.1 Å². The van der Waals surface area contributed by atoms with Gasteiger partial charge in [0.2, 0.25) is 0 Å². The van der Waals surface area contributed by atoms with Crippen LogP contribution in [-0.2, 0) is 18.3 Å². The standard InChI is InChI=1S/C19H18F5NO/c20-16-8-13(9-17(21)11-16)12-25-6-4-18(26,5-7-25)14-2-1-3-15(10-14)19(22,23)24/h1-3,8-11,26H,4-7,12H2. The highest BCUT2D eigenvalue weighted by Crippen LogP contribution is 2.37. The Bertz CT molecular complexity index is 761. The van der Waals surface area contributed by atoms with E-state index in [0.29, 0.717) is 25.2 Å². The van der Waals surface area contributed by atoms with E-state index in [4.69, 9.17) is 0 Å². The number of halogens is 5. The highest BCUT2D eigenvalue weighted by atomic mass is 19.4. The van der Waals surface area contributed by atoms with Crippen molar-refractivity contribution in [1.29, 1.82) is 0 Å². The Morgan fingerprint density at radius 2 is 1.58 bits per heavy atom. The summed E-state index contributed by atoms with van der Waals surface area (Å²) in [4.78, 5) is 1.91. The Kier molecular flexibility index (Phi) is 5.03. The van der Waals surface area contributed by atoms with Gasteiger partial charge in [0.15, 0.2) is 0 Å². The Labute approximate surface area is 147 Å². The molecule has 1 aliphatic rings. The van der Waals surface area contributed by atoms with Crippen LogP contribution in [0.4, 0.5) is 22.0 Å². The van der Waals surface area contributed by atoms with Gasteiger partial charge in [0.25, 0.3) is 0 Å². The van der Waals surface area contributed by atoms with Crippen LogP contribution in [0.1, 0.15) is 29.5 Å². The maximum Gasteiger partial charge on any atom is 0.416 e. The minimum absolute atomic E-state index is 0.240. The van der Waals surface area contributed by atoms with E-state index in [-0.39, 0.29) is 18.4 Å². The number of hydrogen-bond acceptors (Lipinski definition) is 2. The van der Waals surface area contributed by atoms with E-state index in [9.17, 15) is 27.1 Å². The van der Waals surface area contributed by atoms with Gasteiger partial charge in [-0.05, 0) is 48.2 Å². The van der Waals surface area contributed by atoms with E-state index < -0.39 is 29.0 Å². The summed E-state index contributed by atoms with van der Waals surface area (Å²) in [7, 11) is 0. The predicted molar refractivity (Wildman–Crippen MR) is 86.2 cm³/mol. The van der Waals surface area contributed by atoms with Crippen LogP contribution in [-0.4, -0.2) is 23.1 Å². The lowest BCUT2D eigenvalue weighted by Gasteiger charge is -2.38. The molecule has 2 aromatic carbocycles. The lowest BCUT2D eigenvalue weighted by atomic mass is 9.83. The first-order valence-electron chi connectivity index (χ1n) is 8.23. The van der Waals surface area contributed by atoms with Crippen molar-refractivity contribution in [3.05, 3.63) is 70.8 Å². The minimum atomic E-state index is -4.46. The average Bonchev–Trinajstić information content (AvgIpc) is 2.56. The van der Waals surface area contributed by atoms with Gasteiger partial charge < -0.3 is 5.11 Å². The molecule has 26 heavy (non-hydrogen) atoms. The summed E-state index contributed by atoms with van der Waals surface area (Å²) in [5.41, 5.74) is -1.41. The molecule has 7 heteroatoms. The van der Waals surface area contributed by atoms with E-state index in [1.807, 2.05) is 4.90 Å². The maximum absolute atomic E-state index is 13.3. The number of hydrogen-bond donors (Lipinski definition) is 1. The number of rotatable bonds is 3. The van der Waals surface area contributed by atoms with E-state index in [1.165, 1.54) is 24.3 Å². The minimum Gasteiger partial charge on any atom is -0.385 e. The van der Waals surface area contributed by atoms with Gasteiger partial charge in [-0.2, -0.15) is 13.2 Å². The molecular weight excluding hydrogens is 353 g/mol. The molecule has 0 radical (unpaired) electrons. The first kappa shape index (κ1) is 18.8. The van der Waals surface area contributed by atoms with Gasteiger partial charge in [0.1, 0.15) is 11.6 Å². The number of piperidine rings is 1. The molecule has 0 atom stereocenters. The Hall–Kier alpha value is -1.99. The highest BCUT2D eigenvalue weighted by molar-refractivity contribution is 5.30. The van der Waals surface area contributed by atoms with Crippen LogP contribution in [0.25, 0.3) is 0 Å². The van der Waals surface area contributed by atoms with Gasteiger partial charge in [-0.3, -0.25) is 4.90 Å². The Balaban J connectivity index is 1.69. The lowest BCUT2D eigenvalue weighted by Crippen LogP contribution is -2.42. The quantitative estimate of drug-likeness (QED) is 0.805. The third-order valence-corrected chi connectivity index (χ3v) is 4.74. The molecule has 1 N–H and O–H groups in total. The number of alkyl halides is 3. The van der Waals surface area contributed by atoms with E-state index in [2.05, 4.69) is 0 Å². The van der Waals surface area contributed by atoms with E-state index >= 15 is 0 Å². The fraction of sp³-hybridized carbons (Fsp3) is 0.368. The predicted octanol–water partition coefficient (Wildman–Crippen LogP) is 4.47. The monoisotopic (exact) mass is 371 g/mol. The molecule has 0 aromatic heterocycles. The van der Waals surface area contributed by atoms with Crippen LogP contribution < -0.4 is 0 Å². The van der Waals surface area contributed by atoms with Crippen LogP contribution >= 0.6 is 0 Å². The normalized spacial score (nSPS) is 18.1. The molecule has 2 aromatic rings. The fourth-order valence-electron chi connectivity index (χ4n) is 3.32. The summed E-state index contributed by atoms with van der Waals surface area (Å²) in [5.74, 6) is -1.31. The second kappa shape index (κ2) is 6.96. The van der Waals surface area contributed by atoms with Crippen LogP contribution in [0.15, 0.2) is 42.5 Å². The number of benzene rings is 2. The van der Waals surface area contributed by atoms with Gasteiger partial charge in [0.05, 0.1) is 11.2 Å². The number of likely N-dealkylation sites (tertiary alicyclic amines) is 1. The summed E-state index contributed by atoms with van der Waals surface area (Å²) < 4.78 is 65.2. The molecule has 0 saturated carbocycles. The largest absolute Gasteiger partial charge is 0.416 e. The van der Waals surface area contributed by atoms with Crippen LogP contribution in [0.2, 0.25) is 0 Å². The average molecular weight is 371 g/mol. The molecule has 3 rings (SSSR count). The van der Waals surface area contributed by atoms with Crippen LogP contribution in [0.5, 0.6) is 0 Å². The molecule has 0 amide bonds. The summed E-state index contributed by atoms with van der Waals surface area (Å²) in [5, 5.41) is 10.8. The fourth-order valence-corrected chi connectivity index (χ4v) is 3.32. The third kappa shape index (κ3) is 4.22. The second-order valence-corrected chi connectivity index (χ2v) is 6.66. The zero-order chi connectivity index (χ0) is 18.9. The zero-order valence-electron chi connectivity index (χ0n) is 13.9. The summed E-state index contributed by atoms with van der Waals surface area (Å²) in [6, 6.07) is 8.03. The summed E-state index contributed by atoms with van der Waals surface area (Å²) in [6.07, 6.45) is -3.98. The number of aliphatic hydroxyl groups is 1. The third-order valence-electron chi connectivity index (χ3n) is 4.74. The molecular formula is C19H18F5NO. The van der Waals surface area contributed by atoms with Crippen molar-refractivity contribution in [1.82, 2.24) is 4.90 Å². The second-order valence-electron chi connectivity index (χ2n) is 6.66. The van der Waals surface area contributed by atoms with E-state index in [0.717, 1.165) is 18.2 Å². The molecule has 1 heterocycles. The molecule has 2 nitrogen and oxygen atoms in total. The molecule has 0 aliphatic carbocycles. The molecule has 1 saturated heterocycles. The van der Waals surface area contributed by atoms with Crippen LogP contribution in [0, 0.1) is 11.6 Å². The maximum atomic E-state index is 13.3. The number of nitrogens with zero attached hydrogens (tertiary/aromatic N) is 1. The van der Waals surface area contributed by atoms with Crippen molar-refractivity contribution in [2.45, 2.75) is 31.2 Å². The van der Waals surface area contributed by atoms with Crippen molar-refractivity contribution in [2.24, 2.45) is 0 Å². The smallest absolute Gasteiger partial charge is 0.385 e. The Morgan fingerprint density at radius 3 is 2.15 bits per heavy atom. The summed E-state index contributed by atoms with van der Waals surface area (Å²) in [6.45, 7) is 1.13. The Morgan fingerprint density at radius 1 is 0.962 bits per heavy atom. The van der Waals surface area contributed by atoms with Gasteiger partial charge >= 0.3 is 6.18 Å². The lowest BCUT2D eigenvalue weighted by molar-refractivity contribution is -0.137. The molecule has 0 unspecified atom stereocenters. The molecule has 0 bridgehead atoms. The molecule has 1 fully saturated rings. The molecule has 1 aliphatic heterocycles. The molecule has 140 valence electrons. The first-order chi connectivity index (χ1) is 12.2. The SMILES string of the molecule is OC1(c2cccc(C(F)(F)F)c2)CCN(Cc2cc(F)cc(F)c2)CC1. The highest BCUT2D eigenvalue weighted by Gasteiger charge is 2.37. The van der Waals surface area contributed by atoms with Crippen LogP contribution in [0.3, 0.4) is 0 Å².